The van der Waals surface area contributed by atoms with Crippen LogP contribution < -0.4 is 10.2 Å². The summed E-state index contributed by atoms with van der Waals surface area (Å²) in [5.74, 6) is 1.23. The minimum absolute atomic E-state index is 0.0490. The van der Waals surface area contributed by atoms with Gasteiger partial charge in [0.2, 0.25) is 11.9 Å². The highest BCUT2D eigenvalue weighted by Gasteiger charge is 2.51. The Balaban J connectivity index is 1.70. The van der Waals surface area contributed by atoms with Gasteiger partial charge in [-0.3, -0.25) is 4.79 Å². The summed E-state index contributed by atoms with van der Waals surface area (Å²) < 4.78 is 0. The Kier molecular flexibility index (Phi) is 5.10. The summed E-state index contributed by atoms with van der Waals surface area (Å²) in [7, 11) is 0. The molecule has 1 atom stereocenters. The number of hydrogen-bond donors (Lipinski definition) is 3. The van der Waals surface area contributed by atoms with Crippen LogP contribution in [0, 0.1) is 5.41 Å². The first kappa shape index (κ1) is 17.9. The second kappa shape index (κ2) is 7.13. The molecular weight excluding hydrogens is 322 g/mol. The summed E-state index contributed by atoms with van der Waals surface area (Å²) in [6.45, 7) is 5.65. The fourth-order valence-corrected chi connectivity index (χ4v) is 3.16. The van der Waals surface area contributed by atoms with Crippen LogP contribution in [0.2, 0.25) is 0 Å². The highest BCUT2D eigenvalue weighted by Crippen LogP contribution is 2.46. The Morgan fingerprint density at radius 3 is 2.80 bits per heavy atom. The predicted molar refractivity (Wildman–Crippen MR) is 94.3 cm³/mol. The van der Waals surface area contributed by atoms with Gasteiger partial charge in [0.1, 0.15) is 5.82 Å². The van der Waals surface area contributed by atoms with Gasteiger partial charge in [0.15, 0.2) is 0 Å². The summed E-state index contributed by atoms with van der Waals surface area (Å²) in [5, 5.41) is 23.1. The number of rotatable bonds is 5. The number of amides is 1. The van der Waals surface area contributed by atoms with Crippen LogP contribution in [0.1, 0.15) is 26.7 Å². The van der Waals surface area contributed by atoms with Crippen molar-refractivity contribution in [1.29, 1.82) is 0 Å². The fourth-order valence-electron chi connectivity index (χ4n) is 3.16. The van der Waals surface area contributed by atoms with Gasteiger partial charge in [-0.25, -0.2) is 4.98 Å². The monoisotopic (exact) mass is 349 g/mol. The second-order valence-electron chi connectivity index (χ2n) is 7.33. The first-order valence-corrected chi connectivity index (χ1v) is 8.86. The molecule has 8 nitrogen and oxygen atoms in total. The Morgan fingerprint density at radius 1 is 1.40 bits per heavy atom. The maximum atomic E-state index is 12.6. The van der Waals surface area contributed by atoms with E-state index in [-0.39, 0.29) is 25.1 Å². The van der Waals surface area contributed by atoms with Crippen LogP contribution in [0.15, 0.2) is 12.3 Å². The minimum Gasteiger partial charge on any atom is -0.395 e. The van der Waals surface area contributed by atoms with Crippen molar-refractivity contribution in [3.05, 3.63) is 12.3 Å². The number of hydrogen-bond acceptors (Lipinski definition) is 7. The van der Waals surface area contributed by atoms with Crippen LogP contribution in [-0.2, 0) is 4.79 Å². The summed E-state index contributed by atoms with van der Waals surface area (Å²) in [6.07, 6.45) is 2.47. The van der Waals surface area contributed by atoms with Crippen molar-refractivity contribution in [3.63, 3.8) is 0 Å². The van der Waals surface area contributed by atoms with Crippen LogP contribution in [0.3, 0.4) is 0 Å². The van der Waals surface area contributed by atoms with E-state index < -0.39 is 11.5 Å². The highest BCUT2D eigenvalue weighted by atomic mass is 16.3. The first-order valence-electron chi connectivity index (χ1n) is 8.86. The van der Waals surface area contributed by atoms with Gasteiger partial charge < -0.3 is 25.3 Å². The molecule has 1 aliphatic heterocycles. The third kappa shape index (κ3) is 4.01. The molecule has 1 aliphatic carbocycles. The molecule has 3 N–H and O–H groups in total. The van der Waals surface area contributed by atoms with Gasteiger partial charge >= 0.3 is 0 Å². The van der Waals surface area contributed by atoms with Crippen molar-refractivity contribution in [3.8, 4) is 0 Å². The fraction of sp³-hybridized carbons (Fsp3) is 0.706. The molecule has 0 bridgehead atoms. The highest BCUT2D eigenvalue weighted by molar-refractivity contribution is 5.85. The van der Waals surface area contributed by atoms with Gasteiger partial charge in [-0.05, 0) is 32.8 Å². The van der Waals surface area contributed by atoms with Crippen LogP contribution in [0.4, 0.5) is 11.8 Å². The van der Waals surface area contributed by atoms with Gasteiger partial charge in [-0.2, -0.15) is 4.98 Å². The van der Waals surface area contributed by atoms with E-state index in [9.17, 15) is 15.0 Å². The molecule has 1 aromatic rings. The van der Waals surface area contributed by atoms with Crippen LogP contribution in [0.25, 0.3) is 0 Å². The predicted octanol–water partition coefficient (Wildman–Crippen LogP) is 0.0789. The minimum atomic E-state index is -0.675. The quantitative estimate of drug-likeness (QED) is 0.692. The molecular formula is C17H27N5O3. The van der Waals surface area contributed by atoms with Gasteiger partial charge in [0.25, 0.3) is 0 Å². The average molecular weight is 349 g/mol. The lowest BCUT2D eigenvalue weighted by Crippen LogP contribution is -2.43. The summed E-state index contributed by atoms with van der Waals surface area (Å²) >= 11 is 0. The van der Waals surface area contributed by atoms with Crippen molar-refractivity contribution in [2.24, 2.45) is 5.41 Å². The summed E-state index contributed by atoms with van der Waals surface area (Å²) in [6, 6.07) is 2.07. The van der Waals surface area contributed by atoms with E-state index in [1.165, 1.54) is 0 Å². The molecule has 138 valence electrons. The molecule has 0 radical (unpaired) electrons. The van der Waals surface area contributed by atoms with E-state index in [1.807, 2.05) is 24.8 Å². The van der Waals surface area contributed by atoms with Crippen molar-refractivity contribution in [2.45, 2.75) is 38.8 Å². The lowest BCUT2D eigenvalue weighted by atomic mass is 10.1. The molecule has 1 amide bonds. The molecule has 2 heterocycles. The molecule has 3 rings (SSSR count). The van der Waals surface area contributed by atoms with Crippen molar-refractivity contribution in [1.82, 2.24) is 14.9 Å². The number of aromatic nitrogens is 2. The van der Waals surface area contributed by atoms with E-state index in [0.29, 0.717) is 25.6 Å². The molecule has 1 aromatic heterocycles. The Bertz CT molecular complexity index is 620. The first-order chi connectivity index (χ1) is 11.9. The SMILES string of the molecule is CC(C)Nc1ccnc(N2CCN(C(=O)C3(CO)CC3)CC(O)C2)n1. The van der Waals surface area contributed by atoms with Crippen molar-refractivity contribution in [2.75, 3.05) is 43.0 Å². The third-order valence-corrected chi connectivity index (χ3v) is 4.76. The van der Waals surface area contributed by atoms with E-state index in [4.69, 9.17) is 0 Å². The van der Waals surface area contributed by atoms with Gasteiger partial charge in [0.05, 0.1) is 18.1 Å². The maximum Gasteiger partial charge on any atom is 0.231 e. The van der Waals surface area contributed by atoms with Gasteiger partial charge in [-0.15, -0.1) is 0 Å². The molecule has 0 aromatic carbocycles. The Hall–Kier alpha value is -1.93. The molecule has 1 saturated carbocycles. The topological polar surface area (TPSA) is 102 Å². The molecule has 8 heteroatoms. The number of carbonyl (C=O) groups is 1. The second-order valence-corrected chi connectivity index (χ2v) is 7.33. The standard InChI is InChI=1S/C17H27N5O3/c1-12(2)19-14-3-6-18-16(20-14)22-8-7-21(9-13(24)10-22)15(25)17(11-23)4-5-17/h3,6,12-13,23-24H,4-5,7-11H2,1-2H3,(H,18,19,20). The molecule has 2 aliphatic rings. The average Bonchev–Trinajstić information content (AvgIpc) is 3.38. The molecule has 1 saturated heterocycles. The molecule has 0 spiro atoms. The number of aliphatic hydroxyl groups excluding tert-OH is 2. The van der Waals surface area contributed by atoms with Crippen molar-refractivity contribution >= 4 is 17.7 Å². The zero-order valence-corrected chi connectivity index (χ0v) is 14.9. The van der Waals surface area contributed by atoms with E-state index in [1.54, 1.807) is 11.1 Å². The normalized spacial score (nSPS) is 22.7. The number of carbonyl (C=O) groups excluding carboxylic acids is 1. The zero-order valence-electron chi connectivity index (χ0n) is 14.9. The number of nitrogens with one attached hydrogen (secondary N) is 1. The molecule has 1 unspecified atom stereocenters. The number of β-amino-alcohol motifs (C(OH)–C–C–N with tert-alkyl or cyclic N) is 1. The summed E-state index contributed by atoms with van der Waals surface area (Å²) in [5.41, 5.74) is -0.605. The van der Waals surface area contributed by atoms with Crippen LogP contribution in [0.5, 0.6) is 0 Å². The smallest absolute Gasteiger partial charge is 0.231 e. The largest absolute Gasteiger partial charge is 0.395 e. The Labute approximate surface area is 147 Å². The lowest BCUT2D eigenvalue weighted by Gasteiger charge is -2.25. The van der Waals surface area contributed by atoms with E-state index in [2.05, 4.69) is 15.3 Å². The van der Waals surface area contributed by atoms with Gasteiger partial charge in [0, 0.05) is 38.4 Å². The van der Waals surface area contributed by atoms with E-state index in [0.717, 1.165) is 18.7 Å². The van der Waals surface area contributed by atoms with Gasteiger partial charge in [-0.1, -0.05) is 0 Å². The van der Waals surface area contributed by atoms with E-state index >= 15 is 0 Å². The van der Waals surface area contributed by atoms with Crippen LogP contribution >= 0.6 is 0 Å². The van der Waals surface area contributed by atoms with Crippen LogP contribution in [-0.4, -0.2) is 75.9 Å². The molecule has 25 heavy (non-hydrogen) atoms. The lowest BCUT2D eigenvalue weighted by molar-refractivity contribution is -0.139. The Morgan fingerprint density at radius 2 is 2.16 bits per heavy atom. The maximum absolute atomic E-state index is 12.6. The summed E-state index contributed by atoms with van der Waals surface area (Å²) in [4.78, 5) is 25.0. The molecule has 2 fully saturated rings. The number of nitrogens with zero attached hydrogens (tertiary/aromatic N) is 4. The zero-order chi connectivity index (χ0) is 18.0. The number of aliphatic hydroxyl groups is 2. The third-order valence-electron chi connectivity index (χ3n) is 4.76. The number of anilines is 2. The van der Waals surface area contributed by atoms with Crippen molar-refractivity contribution < 1.29 is 15.0 Å².